The molecule has 0 aliphatic carbocycles. The molecule has 2 rings (SSSR count). The van der Waals surface area contributed by atoms with Crippen molar-refractivity contribution in [3.8, 4) is 10.6 Å². The smallest absolute Gasteiger partial charge is 0.157 e. The third kappa shape index (κ3) is 4.62. The van der Waals surface area contributed by atoms with Gasteiger partial charge in [-0.1, -0.05) is 30.3 Å². The summed E-state index contributed by atoms with van der Waals surface area (Å²) in [5.41, 5.74) is 1.81. The van der Waals surface area contributed by atoms with Crippen molar-refractivity contribution in [2.45, 2.75) is 19.6 Å². The minimum Gasteiger partial charge on any atom is -0.381 e. The van der Waals surface area contributed by atoms with E-state index in [1.165, 1.54) is 11.3 Å². The molecule has 0 spiro atoms. The van der Waals surface area contributed by atoms with Gasteiger partial charge in [0.05, 0.1) is 23.8 Å². The Morgan fingerprint density at radius 2 is 1.95 bits per heavy atom. The maximum Gasteiger partial charge on any atom is 0.157 e. The van der Waals surface area contributed by atoms with Gasteiger partial charge >= 0.3 is 0 Å². The molecule has 0 saturated carbocycles. The van der Waals surface area contributed by atoms with E-state index in [0.29, 0.717) is 6.61 Å². The van der Waals surface area contributed by atoms with Crippen LogP contribution in [-0.4, -0.2) is 32.4 Å². The lowest BCUT2D eigenvalue weighted by molar-refractivity contribution is 0.163. The predicted molar refractivity (Wildman–Crippen MR) is 86.3 cm³/mol. The zero-order valence-corrected chi connectivity index (χ0v) is 13.8. The van der Waals surface area contributed by atoms with Gasteiger partial charge in [0, 0.05) is 17.0 Å². The van der Waals surface area contributed by atoms with Crippen molar-refractivity contribution in [2.24, 2.45) is 0 Å². The van der Waals surface area contributed by atoms with Crippen molar-refractivity contribution < 1.29 is 13.2 Å². The Morgan fingerprint density at radius 3 is 2.62 bits per heavy atom. The van der Waals surface area contributed by atoms with Crippen molar-refractivity contribution in [1.82, 2.24) is 4.98 Å². The third-order valence-corrected chi connectivity index (χ3v) is 5.91. The molecule has 0 radical (unpaired) electrons. The van der Waals surface area contributed by atoms with Crippen LogP contribution in [0.4, 0.5) is 0 Å². The van der Waals surface area contributed by atoms with Gasteiger partial charge in [-0.2, -0.15) is 0 Å². The summed E-state index contributed by atoms with van der Waals surface area (Å²) in [5.74, 6) is 0.0925. The second-order valence-electron chi connectivity index (χ2n) is 4.68. The van der Waals surface area contributed by atoms with Crippen LogP contribution in [0, 0.1) is 6.92 Å². The van der Waals surface area contributed by atoms with Crippen LogP contribution in [0.1, 0.15) is 17.5 Å². The molecule has 6 heteroatoms. The minimum absolute atomic E-state index is 0.0381. The highest BCUT2D eigenvalue weighted by atomic mass is 32.2. The van der Waals surface area contributed by atoms with Crippen molar-refractivity contribution in [1.29, 1.82) is 0 Å². The minimum atomic E-state index is -3.15. The second-order valence-corrected chi connectivity index (χ2v) is 7.95. The first-order valence-corrected chi connectivity index (χ1v) is 9.45. The monoisotopic (exact) mass is 325 g/mol. The number of aryl methyl sites for hydroxylation is 1. The van der Waals surface area contributed by atoms with Crippen LogP contribution in [0.5, 0.6) is 0 Å². The fraction of sp³-hybridized carbons (Fsp3) is 0.400. The summed E-state index contributed by atoms with van der Waals surface area (Å²) in [7, 11) is -3.15. The Labute approximate surface area is 129 Å². The number of thiazole rings is 1. The zero-order chi connectivity index (χ0) is 15.3. The Morgan fingerprint density at radius 1 is 1.24 bits per heavy atom. The summed E-state index contributed by atoms with van der Waals surface area (Å²) >= 11 is 1.45. The number of aromatic nitrogens is 1. The predicted octanol–water partition coefficient (Wildman–Crippen LogP) is 3.07. The van der Waals surface area contributed by atoms with E-state index >= 15 is 0 Å². The molecule has 1 heterocycles. The maximum absolute atomic E-state index is 12.1. The highest BCUT2D eigenvalue weighted by Gasteiger charge is 2.17. The standard InChI is InChI=1S/C15H19NO3S2/c1-3-19-9-10-21(17,18)11-14-12(2)16-15(20-14)13-7-5-4-6-8-13/h4-8H,3,9-11H2,1-2H3. The molecule has 114 valence electrons. The lowest BCUT2D eigenvalue weighted by Gasteiger charge is -2.03. The van der Waals surface area contributed by atoms with Crippen LogP contribution >= 0.6 is 11.3 Å². The van der Waals surface area contributed by atoms with Crippen LogP contribution in [0.3, 0.4) is 0 Å². The summed E-state index contributed by atoms with van der Waals surface area (Å²) in [4.78, 5) is 5.29. The van der Waals surface area contributed by atoms with Crippen LogP contribution in [0.2, 0.25) is 0 Å². The Balaban J connectivity index is 2.13. The zero-order valence-electron chi connectivity index (χ0n) is 12.2. The number of hydrogen-bond acceptors (Lipinski definition) is 5. The molecule has 0 N–H and O–H groups in total. The Kier molecular flexibility index (Phi) is 5.50. The molecule has 0 bridgehead atoms. The van der Waals surface area contributed by atoms with E-state index in [9.17, 15) is 8.42 Å². The van der Waals surface area contributed by atoms with Crippen LogP contribution in [0.15, 0.2) is 30.3 Å². The summed E-state index contributed by atoms with van der Waals surface area (Å²) in [6.45, 7) is 4.50. The molecule has 0 fully saturated rings. The molecule has 0 atom stereocenters. The first-order valence-electron chi connectivity index (χ1n) is 6.81. The SMILES string of the molecule is CCOCCS(=O)(=O)Cc1sc(-c2ccccc2)nc1C. The molecule has 0 amide bonds. The lowest BCUT2D eigenvalue weighted by atomic mass is 10.2. The highest BCUT2D eigenvalue weighted by Crippen LogP contribution is 2.29. The van der Waals surface area contributed by atoms with E-state index in [2.05, 4.69) is 4.98 Å². The van der Waals surface area contributed by atoms with Crippen LogP contribution in [-0.2, 0) is 20.3 Å². The van der Waals surface area contributed by atoms with Crippen molar-refractivity contribution in [3.63, 3.8) is 0 Å². The van der Waals surface area contributed by atoms with E-state index in [1.807, 2.05) is 44.2 Å². The quantitative estimate of drug-likeness (QED) is 0.734. The van der Waals surface area contributed by atoms with E-state index in [4.69, 9.17) is 4.74 Å². The van der Waals surface area contributed by atoms with E-state index in [-0.39, 0.29) is 18.1 Å². The summed E-state index contributed by atoms with van der Waals surface area (Å²) in [5, 5.41) is 0.864. The number of sulfone groups is 1. The van der Waals surface area contributed by atoms with Gasteiger partial charge in [0.2, 0.25) is 0 Å². The third-order valence-electron chi connectivity index (χ3n) is 3.01. The fourth-order valence-electron chi connectivity index (χ4n) is 1.87. The highest BCUT2D eigenvalue weighted by molar-refractivity contribution is 7.90. The molecule has 21 heavy (non-hydrogen) atoms. The van der Waals surface area contributed by atoms with Crippen molar-refractivity contribution >= 4 is 21.2 Å². The number of nitrogens with zero attached hydrogens (tertiary/aromatic N) is 1. The van der Waals surface area contributed by atoms with Gasteiger partial charge in [-0.25, -0.2) is 13.4 Å². The number of hydrogen-bond donors (Lipinski definition) is 0. The summed E-state index contributed by atoms with van der Waals surface area (Å²) in [6, 6.07) is 9.80. The second kappa shape index (κ2) is 7.15. The number of benzene rings is 1. The maximum atomic E-state index is 12.1. The molecule has 0 aliphatic rings. The molecule has 0 aliphatic heterocycles. The lowest BCUT2D eigenvalue weighted by Crippen LogP contribution is -2.14. The van der Waals surface area contributed by atoms with E-state index < -0.39 is 9.84 Å². The molecule has 1 aromatic heterocycles. The molecule has 4 nitrogen and oxygen atoms in total. The van der Waals surface area contributed by atoms with Crippen molar-refractivity contribution in [2.75, 3.05) is 19.0 Å². The fourth-order valence-corrected chi connectivity index (χ4v) is 4.63. The van der Waals surface area contributed by atoms with Gasteiger partial charge in [0.1, 0.15) is 5.01 Å². The van der Waals surface area contributed by atoms with Gasteiger partial charge in [-0.3, -0.25) is 0 Å². The molecule has 1 aromatic carbocycles. The van der Waals surface area contributed by atoms with Gasteiger partial charge in [0.25, 0.3) is 0 Å². The summed E-state index contributed by atoms with van der Waals surface area (Å²) in [6.07, 6.45) is 0. The summed E-state index contributed by atoms with van der Waals surface area (Å²) < 4.78 is 29.3. The normalized spacial score (nSPS) is 11.7. The van der Waals surface area contributed by atoms with Gasteiger partial charge in [0.15, 0.2) is 9.84 Å². The Bertz CT molecular complexity index is 678. The molecule has 0 saturated heterocycles. The molecule has 0 unspecified atom stereocenters. The first kappa shape index (κ1) is 16.1. The first-order chi connectivity index (χ1) is 10.0. The number of rotatable bonds is 7. The molecule has 2 aromatic rings. The van der Waals surface area contributed by atoms with Crippen molar-refractivity contribution in [3.05, 3.63) is 40.9 Å². The average Bonchev–Trinajstić information content (AvgIpc) is 2.81. The van der Waals surface area contributed by atoms with E-state index in [0.717, 1.165) is 21.1 Å². The van der Waals surface area contributed by atoms with Crippen LogP contribution < -0.4 is 0 Å². The van der Waals surface area contributed by atoms with Gasteiger partial charge in [-0.05, 0) is 13.8 Å². The average molecular weight is 325 g/mol. The largest absolute Gasteiger partial charge is 0.381 e. The van der Waals surface area contributed by atoms with Crippen LogP contribution in [0.25, 0.3) is 10.6 Å². The van der Waals surface area contributed by atoms with Gasteiger partial charge < -0.3 is 4.74 Å². The Hall–Kier alpha value is -1.24. The van der Waals surface area contributed by atoms with Gasteiger partial charge in [-0.15, -0.1) is 11.3 Å². The number of ether oxygens (including phenoxy) is 1. The molecular weight excluding hydrogens is 306 g/mol. The van der Waals surface area contributed by atoms with E-state index in [1.54, 1.807) is 0 Å². The topological polar surface area (TPSA) is 56.3 Å². The molecular formula is C15H19NO3S2.